The number of rotatable bonds is 7. The molecule has 0 bridgehead atoms. The minimum absolute atomic E-state index is 0.136. The molecule has 0 spiro atoms. The highest BCUT2D eigenvalue weighted by Gasteiger charge is 2.41. The first-order valence-electron chi connectivity index (χ1n) is 7.87. The highest BCUT2D eigenvalue weighted by atomic mass is 32.2. The van der Waals surface area contributed by atoms with Gasteiger partial charge in [-0.25, -0.2) is 0 Å². The highest BCUT2D eigenvalue weighted by molar-refractivity contribution is 8.01. The Kier molecular flexibility index (Phi) is 6.12. The van der Waals surface area contributed by atoms with E-state index in [0.29, 0.717) is 13.0 Å². The molecule has 2 N–H and O–H groups in total. The molecule has 1 aromatic rings. The Labute approximate surface area is 131 Å². The summed E-state index contributed by atoms with van der Waals surface area (Å²) in [6.07, 6.45) is 5.17. The summed E-state index contributed by atoms with van der Waals surface area (Å²) in [5.41, 5.74) is 0. The minimum atomic E-state index is -0.321. The van der Waals surface area contributed by atoms with E-state index in [9.17, 15) is 9.90 Å². The van der Waals surface area contributed by atoms with Gasteiger partial charge in [-0.1, -0.05) is 38.0 Å². The van der Waals surface area contributed by atoms with Crippen LogP contribution in [0.4, 0.5) is 0 Å². The smallest absolute Gasteiger partial charge is 0.236 e. The molecule has 0 aromatic heterocycles. The maximum Gasteiger partial charge on any atom is 0.236 e. The highest BCUT2D eigenvalue weighted by Crippen LogP contribution is 2.45. The van der Waals surface area contributed by atoms with E-state index < -0.39 is 0 Å². The Balaban J connectivity index is 1.95. The third-order valence-electron chi connectivity index (χ3n) is 4.12. The van der Waals surface area contributed by atoms with E-state index in [-0.39, 0.29) is 16.8 Å². The number of hydrogen-bond acceptors (Lipinski definition) is 3. The number of benzene rings is 1. The molecule has 21 heavy (non-hydrogen) atoms. The molecule has 1 aromatic carbocycles. The maximum atomic E-state index is 12.6. The van der Waals surface area contributed by atoms with Crippen LogP contribution < -0.4 is 5.32 Å². The second-order valence-electron chi connectivity index (χ2n) is 5.72. The lowest BCUT2D eigenvalue weighted by Crippen LogP contribution is -2.43. The summed E-state index contributed by atoms with van der Waals surface area (Å²) in [4.78, 5) is 13.8. The fraction of sp³-hybridized carbons (Fsp3) is 0.588. The Morgan fingerprint density at radius 3 is 2.62 bits per heavy atom. The molecule has 0 saturated heterocycles. The van der Waals surface area contributed by atoms with E-state index in [2.05, 4.69) is 17.4 Å². The summed E-state index contributed by atoms with van der Waals surface area (Å²) in [6, 6.07) is 10.2. The molecule has 1 aliphatic rings. The summed E-state index contributed by atoms with van der Waals surface area (Å²) in [6.45, 7) is 2.52. The van der Waals surface area contributed by atoms with Crippen LogP contribution in [0, 0.1) is 0 Å². The van der Waals surface area contributed by atoms with Crippen molar-refractivity contribution in [1.82, 2.24) is 5.32 Å². The normalized spacial score (nSPS) is 18.4. The predicted octanol–water partition coefficient (Wildman–Crippen LogP) is 3.37. The van der Waals surface area contributed by atoms with E-state index in [1.165, 1.54) is 0 Å². The number of aliphatic hydroxyl groups excluding tert-OH is 1. The van der Waals surface area contributed by atoms with Crippen molar-refractivity contribution >= 4 is 17.7 Å². The van der Waals surface area contributed by atoms with Gasteiger partial charge in [-0.15, -0.1) is 11.8 Å². The number of nitrogens with one attached hydrogen (secondary N) is 1. The van der Waals surface area contributed by atoms with Gasteiger partial charge in [0.25, 0.3) is 0 Å². The molecule has 1 unspecified atom stereocenters. The van der Waals surface area contributed by atoms with Crippen molar-refractivity contribution < 1.29 is 9.90 Å². The second kappa shape index (κ2) is 7.85. The minimum Gasteiger partial charge on any atom is -0.393 e. The van der Waals surface area contributed by atoms with Gasteiger partial charge in [-0.2, -0.15) is 0 Å². The number of thioether (sulfide) groups is 1. The molecule has 1 aliphatic carbocycles. The van der Waals surface area contributed by atoms with Crippen molar-refractivity contribution in [2.45, 2.75) is 61.2 Å². The Morgan fingerprint density at radius 1 is 1.33 bits per heavy atom. The molecule has 0 radical (unpaired) electrons. The molecule has 1 saturated carbocycles. The van der Waals surface area contributed by atoms with E-state index in [1.807, 2.05) is 25.1 Å². The third kappa shape index (κ3) is 4.48. The average Bonchev–Trinajstić information content (AvgIpc) is 2.97. The lowest BCUT2D eigenvalue weighted by Gasteiger charge is -2.27. The van der Waals surface area contributed by atoms with E-state index in [0.717, 1.165) is 37.0 Å². The van der Waals surface area contributed by atoms with Crippen LogP contribution in [0.1, 0.15) is 45.4 Å². The zero-order valence-electron chi connectivity index (χ0n) is 12.7. The van der Waals surface area contributed by atoms with Crippen LogP contribution in [0.15, 0.2) is 35.2 Å². The third-order valence-corrected chi connectivity index (χ3v) is 5.61. The number of carbonyl (C=O) groups excluding carboxylic acids is 1. The number of amides is 1. The maximum absolute atomic E-state index is 12.6. The van der Waals surface area contributed by atoms with Crippen LogP contribution in [-0.2, 0) is 4.79 Å². The van der Waals surface area contributed by atoms with Crippen molar-refractivity contribution in [3.63, 3.8) is 0 Å². The molecule has 1 fully saturated rings. The fourth-order valence-corrected chi connectivity index (χ4v) is 4.16. The van der Waals surface area contributed by atoms with Gasteiger partial charge < -0.3 is 10.4 Å². The lowest BCUT2D eigenvalue weighted by atomic mass is 10.1. The van der Waals surface area contributed by atoms with Crippen molar-refractivity contribution in [2.24, 2.45) is 0 Å². The number of carbonyl (C=O) groups is 1. The van der Waals surface area contributed by atoms with Crippen molar-refractivity contribution in [3.05, 3.63) is 30.3 Å². The molecule has 116 valence electrons. The van der Waals surface area contributed by atoms with E-state index >= 15 is 0 Å². The van der Waals surface area contributed by atoms with Crippen LogP contribution in [0.3, 0.4) is 0 Å². The van der Waals surface area contributed by atoms with Gasteiger partial charge in [-0.05, 0) is 37.8 Å². The van der Waals surface area contributed by atoms with Gasteiger partial charge in [0.2, 0.25) is 5.91 Å². The first-order chi connectivity index (χ1) is 10.2. The van der Waals surface area contributed by atoms with E-state index in [4.69, 9.17) is 0 Å². The predicted molar refractivity (Wildman–Crippen MR) is 87.4 cm³/mol. The van der Waals surface area contributed by atoms with Crippen LogP contribution in [-0.4, -0.2) is 28.4 Å². The standard InChI is InChI=1S/C17H25NO2S/c1-2-14(19)10-13-18-16(20)17(11-6-7-12-17)21-15-8-4-3-5-9-15/h3-5,8-9,14,19H,2,6-7,10-13H2,1H3,(H,18,20). The first-order valence-corrected chi connectivity index (χ1v) is 8.68. The molecule has 1 atom stereocenters. The Morgan fingerprint density at radius 2 is 2.00 bits per heavy atom. The summed E-state index contributed by atoms with van der Waals surface area (Å²) >= 11 is 1.70. The molecule has 0 heterocycles. The monoisotopic (exact) mass is 307 g/mol. The van der Waals surface area contributed by atoms with E-state index in [1.54, 1.807) is 11.8 Å². The molecule has 0 aliphatic heterocycles. The largest absolute Gasteiger partial charge is 0.393 e. The number of aliphatic hydroxyl groups is 1. The summed E-state index contributed by atoms with van der Waals surface area (Å²) < 4.78 is -0.321. The molecule has 1 amide bonds. The molecule has 4 heteroatoms. The van der Waals surface area contributed by atoms with Crippen LogP contribution in [0.5, 0.6) is 0 Å². The summed E-state index contributed by atoms with van der Waals surface area (Å²) in [5, 5.41) is 12.6. The summed E-state index contributed by atoms with van der Waals surface area (Å²) in [5.74, 6) is 0.136. The SMILES string of the molecule is CCC(O)CCNC(=O)C1(Sc2ccccc2)CCCC1. The van der Waals surface area contributed by atoms with Gasteiger partial charge >= 0.3 is 0 Å². The first kappa shape index (κ1) is 16.4. The fourth-order valence-electron chi connectivity index (χ4n) is 2.75. The zero-order valence-corrected chi connectivity index (χ0v) is 13.5. The molecular formula is C17H25NO2S. The van der Waals surface area contributed by atoms with Gasteiger partial charge in [0.1, 0.15) is 0 Å². The van der Waals surface area contributed by atoms with Crippen LogP contribution in [0.2, 0.25) is 0 Å². The zero-order chi connectivity index (χ0) is 15.1. The molecular weight excluding hydrogens is 282 g/mol. The molecule has 2 rings (SSSR count). The second-order valence-corrected chi connectivity index (χ2v) is 7.18. The van der Waals surface area contributed by atoms with Crippen molar-refractivity contribution in [2.75, 3.05) is 6.54 Å². The Bertz CT molecular complexity index is 443. The van der Waals surface area contributed by atoms with Crippen LogP contribution >= 0.6 is 11.8 Å². The van der Waals surface area contributed by atoms with Gasteiger partial charge in [0.15, 0.2) is 0 Å². The Hall–Kier alpha value is -1.00. The van der Waals surface area contributed by atoms with Gasteiger partial charge in [0.05, 0.1) is 10.9 Å². The summed E-state index contributed by atoms with van der Waals surface area (Å²) in [7, 11) is 0. The van der Waals surface area contributed by atoms with Crippen molar-refractivity contribution in [1.29, 1.82) is 0 Å². The topological polar surface area (TPSA) is 49.3 Å². The average molecular weight is 307 g/mol. The quantitative estimate of drug-likeness (QED) is 0.812. The lowest BCUT2D eigenvalue weighted by molar-refractivity contribution is -0.123. The number of hydrogen-bond donors (Lipinski definition) is 2. The van der Waals surface area contributed by atoms with Crippen molar-refractivity contribution in [3.8, 4) is 0 Å². The molecule has 3 nitrogen and oxygen atoms in total. The van der Waals surface area contributed by atoms with Gasteiger partial charge in [-0.3, -0.25) is 4.79 Å². The van der Waals surface area contributed by atoms with Gasteiger partial charge in [0, 0.05) is 11.4 Å². The van der Waals surface area contributed by atoms with Crippen LogP contribution in [0.25, 0.3) is 0 Å².